The summed E-state index contributed by atoms with van der Waals surface area (Å²) in [6.07, 6.45) is 1.20. The first-order chi connectivity index (χ1) is 19.0. The Kier molecular flexibility index (Phi) is 17.6. The van der Waals surface area contributed by atoms with Gasteiger partial charge >= 0.3 is 5.97 Å². The standard InChI is InChI=1S/C10H12N2O3.C6H4FNO2.C5H9NO3.C4H9NO.2CH4/c13-10-5-6-11(7-10)8-1-3-9(4-2-8)12(14)15;7-5-1-3-6(4-2-5)8(9)10;7-3-1-4(5(8)9)6-2-3;6-4-1-2-5-3-4;;/h1-4,10,13H,5-7H2;1-4H;3-4,6-7H,1-2H2,(H,8,9);4-6H,1-3H2;2*1H4/t10-;;3-,4+;4-;;/m1.11../s1. The van der Waals surface area contributed by atoms with Crippen molar-refractivity contribution in [3.63, 3.8) is 0 Å². The van der Waals surface area contributed by atoms with Crippen LogP contribution in [0.5, 0.6) is 0 Å². The fourth-order valence-electron chi connectivity index (χ4n) is 3.87. The first kappa shape index (κ1) is 38.2. The molecule has 0 aromatic heterocycles. The van der Waals surface area contributed by atoms with Crippen LogP contribution in [-0.2, 0) is 4.79 Å². The van der Waals surface area contributed by atoms with Crippen molar-refractivity contribution < 1.29 is 39.5 Å². The monoisotopic (exact) mass is 599 g/mol. The van der Waals surface area contributed by atoms with Gasteiger partial charge in [-0.3, -0.25) is 25.0 Å². The number of anilines is 1. The number of nitro benzene ring substituents is 2. The smallest absolute Gasteiger partial charge is 0.320 e. The van der Waals surface area contributed by atoms with Gasteiger partial charge in [-0.1, -0.05) is 14.9 Å². The van der Waals surface area contributed by atoms with E-state index in [1.54, 1.807) is 12.1 Å². The van der Waals surface area contributed by atoms with Crippen molar-refractivity contribution in [1.29, 1.82) is 0 Å². The highest BCUT2D eigenvalue weighted by molar-refractivity contribution is 5.73. The van der Waals surface area contributed by atoms with Gasteiger partial charge in [0.15, 0.2) is 0 Å². The van der Waals surface area contributed by atoms with E-state index in [1.165, 1.54) is 12.1 Å². The number of carboxylic acids is 1. The number of rotatable bonds is 4. The zero-order valence-corrected chi connectivity index (χ0v) is 21.6. The van der Waals surface area contributed by atoms with E-state index < -0.39 is 33.8 Å². The summed E-state index contributed by atoms with van der Waals surface area (Å²) in [5.41, 5.74) is 0.928. The van der Waals surface area contributed by atoms with Crippen LogP contribution in [0.25, 0.3) is 0 Å². The van der Waals surface area contributed by atoms with Crippen LogP contribution in [0.2, 0.25) is 0 Å². The van der Waals surface area contributed by atoms with Gasteiger partial charge in [-0.25, -0.2) is 4.39 Å². The van der Waals surface area contributed by atoms with E-state index >= 15 is 0 Å². The van der Waals surface area contributed by atoms with Crippen molar-refractivity contribution in [2.75, 3.05) is 37.6 Å². The number of nitrogens with zero attached hydrogens (tertiary/aromatic N) is 3. The fraction of sp³-hybridized carbons (Fsp3) is 0.519. The van der Waals surface area contributed by atoms with Crippen molar-refractivity contribution >= 4 is 23.0 Å². The Bertz CT molecular complexity index is 1090. The van der Waals surface area contributed by atoms with Gasteiger partial charge in [-0.15, -0.1) is 0 Å². The summed E-state index contributed by atoms with van der Waals surface area (Å²) in [4.78, 5) is 31.6. The van der Waals surface area contributed by atoms with E-state index in [0.717, 1.165) is 62.4 Å². The van der Waals surface area contributed by atoms with Crippen molar-refractivity contribution in [2.45, 2.75) is 58.5 Å². The van der Waals surface area contributed by atoms with E-state index in [9.17, 15) is 34.5 Å². The summed E-state index contributed by atoms with van der Waals surface area (Å²) in [5.74, 6) is -1.35. The summed E-state index contributed by atoms with van der Waals surface area (Å²) in [6.45, 7) is 3.59. The van der Waals surface area contributed by atoms with Crippen molar-refractivity contribution in [3.8, 4) is 0 Å². The topological polar surface area (TPSA) is 212 Å². The van der Waals surface area contributed by atoms with Crippen LogP contribution < -0.4 is 15.5 Å². The van der Waals surface area contributed by atoms with Crippen LogP contribution in [0.3, 0.4) is 0 Å². The molecule has 3 aliphatic heterocycles. The molecule has 0 bridgehead atoms. The predicted molar refractivity (Wildman–Crippen MR) is 156 cm³/mol. The maximum Gasteiger partial charge on any atom is 0.320 e. The molecule has 15 heteroatoms. The second-order valence-corrected chi connectivity index (χ2v) is 9.23. The number of halogens is 1. The minimum Gasteiger partial charge on any atom is -0.480 e. The second-order valence-electron chi connectivity index (χ2n) is 9.23. The lowest BCUT2D eigenvalue weighted by Gasteiger charge is -2.17. The zero-order valence-electron chi connectivity index (χ0n) is 21.6. The van der Waals surface area contributed by atoms with Gasteiger partial charge in [0, 0.05) is 62.6 Å². The van der Waals surface area contributed by atoms with Gasteiger partial charge in [0.25, 0.3) is 11.4 Å². The predicted octanol–water partition coefficient (Wildman–Crippen LogP) is 2.31. The molecule has 236 valence electrons. The Morgan fingerprint density at radius 1 is 0.857 bits per heavy atom. The molecule has 4 atom stereocenters. The summed E-state index contributed by atoms with van der Waals surface area (Å²) < 4.78 is 12.1. The maximum absolute atomic E-state index is 12.1. The molecule has 2 aromatic rings. The number of benzene rings is 2. The molecule has 2 aromatic carbocycles. The zero-order chi connectivity index (χ0) is 29.7. The molecule has 3 saturated heterocycles. The molecule has 0 aliphatic carbocycles. The van der Waals surface area contributed by atoms with Gasteiger partial charge in [-0.05, 0) is 43.7 Å². The largest absolute Gasteiger partial charge is 0.480 e. The molecule has 3 aliphatic rings. The van der Waals surface area contributed by atoms with Gasteiger partial charge in [0.2, 0.25) is 0 Å². The fourth-order valence-corrected chi connectivity index (χ4v) is 3.87. The molecule has 0 unspecified atom stereocenters. The molecular weight excluding hydrogens is 557 g/mol. The number of hydrogen-bond donors (Lipinski definition) is 6. The number of β-amino-alcohol motifs (C(OH)–C–C–N with tert-alkyl or cyclic N) is 3. The third-order valence-corrected chi connectivity index (χ3v) is 6.07. The minimum atomic E-state index is -0.883. The molecule has 0 saturated carbocycles. The molecule has 5 rings (SSSR count). The number of nitrogens with one attached hydrogen (secondary N) is 2. The SMILES string of the molecule is C.C.O=C(O)[C@@H]1C[C@@H](O)CN1.O=[N+]([O-])c1ccc(F)cc1.O=[N+]([O-])c1ccc(N2CC[C@@H](O)C2)cc1.O[C@@H]1CCNC1. The molecule has 14 nitrogen and oxygen atoms in total. The van der Waals surface area contributed by atoms with Crippen LogP contribution >= 0.6 is 0 Å². The molecule has 0 spiro atoms. The van der Waals surface area contributed by atoms with Crippen LogP contribution in [-0.4, -0.2) is 93.3 Å². The van der Waals surface area contributed by atoms with Crippen LogP contribution in [0.15, 0.2) is 48.5 Å². The minimum absolute atomic E-state index is 0. The Labute approximate surface area is 244 Å². The van der Waals surface area contributed by atoms with E-state index in [2.05, 4.69) is 10.6 Å². The first-order valence-corrected chi connectivity index (χ1v) is 12.6. The molecule has 0 radical (unpaired) electrons. The molecule has 0 amide bonds. The summed E-state index contributed by atoms with van der Waals surface area (Å²) in [5, 5.41) is 61.3. The van der Waals surface area contributed by atoms with E-state index in [1.807, 2.05) is 4.90 Å². The summed E-state index contributed by atoms with van der Waals surface area (Å²) in [7, 11) is 0. The van der Waals surface area contributed by atoms with Crippen molar-refractivity contribution in [3.05, 3.63) is 74.6 Å². The highest BCUT2D eigenvalue weighted by atomic mass is 19.1. The molecule has 3 heterocycles. The summed E-state index contributed by atoms with van der Waals surface area (Å²) >= 11 is 0. The highest BCUT2D eigenvalue weighted by Crippen LogP contribution is 2.23. The Morgan fingerprint density at radius 3 is 1.71 bits per heavy atom. The quantitative estimate of drug-likeness (QED) is 0.221. The first-order valence-electron chi connectivity index (χ1n) is 12.6. The highest BCUT2D eigenvalue weighted by Gasteiger charge is 2.27. The van der Waals surface area contributed by atoms with Crippen LogP contribution in [0, 0.1) is 26.0 Å². The molecule has 42 heavy (non-hydrogen) atoms. The average Bonchev–Trinajstić information content (AvgIpc) is 3.68. The van der Waals surface area contributed by atoms with Gasteiger partial charge in [-0.2, -0.15) is 0 Å². The van der Waals surface area contributed by atoms with E-state index in [0.29, 0.717) is 19.5 Å². The second kappa shape index (κ2) is 19.4. The van der Waals surface area contributed by atoms with Gasteiger partial charge in [0.05, 0.1) is 28.2 Å². The van der Waals surface area contributed by atoms with E-state index in [-0.39, 0.29) is 38.4 Å². The molecule has 6 N–H and O–H groups in total. The Balaban J connectivity index is 0.000000551. The van der Waals surface area contributed by atoms with Crippen molar-refractivity contribution in [2.24, 2.45) is 0 Å². The van der Waals surface area contributed by atoms with Gasteiger partial charge < -0.3 is 36.0 Å². The summed E-state index contributed by atoms with van der Waals surface area (Å²) in [6, 6.07) is 10.2. The molecular formula is C27H42FN5O9. The molecule has 3 fully saturated rings. The number of nitro groups is 2. The Hall–Kier alpha value is -3.76. The third-order valence-electron chi connectivity index (χ3n) is 6.07. The van der Waals surface area contributed by atoms with Crippen LogP contribution in [0.4, 0.5) is 21.5 Å². The van der Waals surface area contributed by atoms with Crippen molar-refractivity contribution in [1.82, 2.24) is 10.6 Å². The number of non-ortho nitro benzene ring substituents is 2. The lowest BCUT2D eigenvalue weighted by Crippen LogP contribution is -2.29. The van der Waals surface area contributed by atoms with Crippen LogP contribution in [0.1, 0.15) is 34.1 Å². The number of aliphatic carboxylic acids is 1. The van der Waals surface area contributed by atoms with E-state index in [4.69, 9.17) is 15.3 Å². The number of carbonyl (C=O) groups is 1. The average molecular weight is 600 g/mol. The number of hydrogen-bond acceptors (Lipinski definition) is 11. The number of carboxylic acid groups (broad SMARTS) is 1. The number of aliphatic hydroxyl groups is 3. The third kappa shape index (κ3) is 13.7. The number of aliphatic hydroxyl groups excluding tert-OH is 3. The maximum atomic E-state index is 12.1. The lowest BCUT2D eigenvalue weighted by atomic mass is 10.2. The normalized spacial score (nSPS) is 22.0. The Morgan fingerprint density at radius 2 is 1.40 bits per heavy atom. The lowest BCUT2D eigenvalue weighted by molar-refractivity contribution is -0.385. The van der Waals surface area contributed by atoms with Gasteiger partial charge in [0.1, 0.15) is 11.9 Å².